The second-order valence-electron chi connectivity index (χ2n) is 11.7. The van der Waals surface area contributed by atoms with Gasteiger partial charge in [-0.15, -0.1) is 13.2 Å². The maximum Gasteiger partial charge on any atom is 0.312 e. The van der Waals surface area contributed by atoms with Crippen LogP contribution in [0.4, 0.5) is 0 Å². The first-order valence-electron chi connectivity index (χ1n) is 13.2. The lowest BCUT2D eigenvalue weighted by Gasteiger charge is -2.42. The highest BCUT2D eigenvalue weighted by Crippen LogP contribution is 2.65. The number of allylic oxidation sites excluding steroid dienone is 1. The Morgan fingerprint density at radius 3 is 2.53 bits per heavy atom. The monoisotopic (exact) mass is 504 g/mol. The summed E-state index contributed by atoms with van der Waals surface area (Å²) in [5.74, 6) is -2.54. The van der Waals surface area contributed by atoms with Crippen molar-refractivity contribution in [2.45, 2.75) is 89.5 Å². The summed E-state index contributed by atoms with van der Waals surface area (Å²) in [7, 11) is 0. The Labute approximate surface area is 215 Å². The smallest absolute Gasteiger partial charge is 0.312 e. The zero-order valence-corrected chi connectivity index (χ0v) is 22.6. The normalized spacial score (nSPS) is 32.9. The van der Waals surface area contributed by atoms with Crippen LogP contribution in [0.5, 0.6) is 0 Å². The Hall–Kier alpha value is -2.19. The number of hydrogen-bond acceptors (Lipinski definition) is 6. The second-order valence-corrected chi connectivity index (χ2v) is 11.7. The molecule has 36 heavy (non-hydrogen) atoms. The lowest BCUT2D eigenvalue weighted by atomic mass is 9.62. The van der Waals surface area contributed by atoms with Gasteiger partial charge in [-0.05, 0) is 65.7 Å². The predicted octanol–water partition coefficient (Wildman–Crippen LogP) is 3.09. The van der Waals surface area contributed by atoms with Crippen LogP contribution in [0.3, 0.4) is 0 Å². The van der Waals surface area contributed by atoms with Crippen molar-refractivity contribution in [3.63, 3.8) is 0 Å². The highest BCUT2D eigenvalue weighted by Gasteiger charge is 2.80. The van der Waals surface area contributed by atoms with Gasteiger partial charge >= 0.3 is 5.97 Å². The molecule has 0 aromatic carbocycles. The molecule has 0 aromatic rings. The molecule has 0 aromatic heterocycles. The van der Waals surface area contributed by atoms with Gasteiger partial charge in [0.1, 0.15) is 17.6 Å². The molecule has 3 rings (SSSR count). The van der Waals surface area contributed by atoms with Crippen molar-refractivity contribution in [2.24, 2.45) is 17.8 Å². The molecule has 0 saturated carbocycles. The lowest BCUT2D eigenvalue weighted by molar-refractivity contribution is -0.163. The van der Waals surface area contributed by atoms with Gasteiger partial charge in [-0.3, -0.25) is 14.4 Å². The molecule has 0 radical (unpaired) electrons. The van der Waals surface area contributed by atoms with Gasteiger partial charge in [0.2, 0.25) is 11.8 Å². The molecule has 0 aliphatic carbocycles. The van der Waals surface area contributed by atoms with E-state index in [1.165, 1.54) is 0 Å². The van der Waals surface area contributed by atoms with Crippen LogP contribution in [0, 0.1) is 17.8 Å². The minimum Gasteiger partial charge on any atom is -0.465 e. The van der Waals surface area contributed by atoms with Crippen LogP contribution in [-0.4, -0.2) is 81.8 Å². The molecule has 3 fully saturated rings. The summed E-state index contributed by atoms with van der Waals surface area (Å²) in [5.41, 5.74) is -2.53. The standard InChI is InChI=1S/C28H44N2O6/c1-8-10-11-12-17-35-25(34)21-20-23(32)29(15-13-16-31)22(24(33)30(14-9-2)26(4,5)6)28(20)18-19(3)27(21,7)36-28/h8-9,19-22,31H,1-2,10-18H2,3-7H3/t19?,20-,21-,22?,27+,28?/m0/s1. The van der Waals surface area contributed by atoms with Gasteiger partial charge in [-0.1, -0.05) is 19.1 Å². The molecule has 2 amide bonds. The third kappa shape index (κ3) is 4.62. The first-order chi connectivity index (χ1) is 16.9. The van der Waals surface area contributed by atoms with E-state index in [1.54, 1.807) is 15.9 Å². The van der Waals surface area contributed by atoms with E-state index in [0.29, 0.717) is 25.8 Å². The van der Waals surface area contributed by atoms with Crippen molar-refractivity contribution in [3.8, 4) is 0 Å². The molecule has 3 saturated heterocycles. The van der Waals surface area contributed by atoms with Crippen molar-refractivity contribution in [1.82, 2.24) is 9.80 Å². The number of unbranched alkanes of at least 4 members (excludes halogenated alkanes) is 2. The Kier molecular flexibility index (Phi) is 8.40. The molecule has 1 spiro atoms. The first-order valence-corrected chi connectivity index (χ1v) is 13.2. The van der Waals surface area contributed by atoms with Gasteiger partial charge < -0.3 is 24.4 Å². The maximum absolute atomic E-state index is 14.2. The average molecular weight is 505 g/mol. The van der Waals surface area contributed by atoms with Crippen LogP contribution in [0.1, 0.15) is 66.7 Å². The van der Waals surface area contributed by atoms with Gasteiger partial charge in [0, 0.05) is 25.2 Å². The number of nitrogens with zero attached hydrogens (tertiary/aromatic N) is 2. The largest absolute Gasteiger partial charge is 0.465 e. The fourth-order valence-electron chi connectivity index (χ4n) is 6.48. The van der Waals surface area contributed by atoms with E-state index in [-0.39, 0.29) is 37.5 Å². The molecule has 3 aliphatic heterocycles. The lowest BCUT2D eigenvalue weighted by Crippen LogP contribution is -2.60. The van der Waals surface area contributed by atoms with E-state index in [1.807, 2.05) is 40.7 Å². The van der Waals surface area contributed by atoms with Crippen LogP contribution in [0.25, 0.3) is 0 Å². The number of hydrogen-bond donors (Lipinski definition) is 1. The third-order valence-corrected chi connectivity index (χ3v) is 8.29. The molecular weight excluding hydrogens is 460 g/mol. The van der Waals surface area contributed by atoms with Gasteiger partial charge in [0.05, 0.1) is 18.1 Å². The Morgan fingerprint density at radius 1 is 1.25 bits per heavy atom. The first kappa shape index (κ1) is 28.4. The quantitative estimate of drug-likeness (QED) is 0.249. The number of amides is 2. The molecular formula is C28H44N2O6. The van der Waals surface area contributed by atoms with Crippen molar-refractivity contribution in [3.05, 3.63) is 25.3 Å². The van der Waals surface area contributed by atoms with E-state index in [2.05, 4.69) is 13.2 Å². The number of aliphatic hydroxyl groups excluding tert-OH is 1. The predicted molar refractivity (Wildman–Crippen MR) is 137 cm³/mol. The van der Waals surface area contributed by atoms with Crippen molar-refractivity contribution in [2.75, 3.05) is 26.3 Å². The Balaban J connectivity index is 2.00. The van der Waals surface area contributed by atoms with Crippen LogP contribution in [0.2, 0.25) is 0 Å². The van der Waals surface area contributed by atoms with Gasteiger partial charge in [0.25, 0.3) is 0 Å². The van der Waals surface area contributed by atoms with Crippen LogP contribution >= 0.6 is 0 Å². The summed E-state index contributed by atoms with van der Waals surface area (Å²) >= 11 is 0. The van der Waals surface area contributed by atoms with Crippen molar-refractivity contribution >= 4 is 17.8 Å². The summed E-state index contributed by atoms with van der Waals surface area (Å²) in [6, 6.07) is -0.879. The fourth-order valence-corrected chi connectivity index (χ4v) is 6.48. The minimum atomic E-state index is -1.12. The molecule has 2 bridgehead atoms. The number of carbonyl (C=O) groups is 3. The number of fused-ring (bicyclic) bond motifs is 1. The number of likely N-dealkylation sites (tertiary alicyclic amines) is 1. The molecule has 202 valence electrons. The SMILES string of the molecule is C=CCCCCOC(=O)[C@@H]1[C@H]2C(=O)N(CCCO)C(C(=O)N(CC=C)C(C)(C)C)C23CC(C)[C@@]1(C)O3. The van der Waals surface area contributed by atoms with E-state index < -0.39 is 40.6 Å². The molecule has 6 atom stereocenters. The van der Waals surface area contributed by atoms with Crippen LogP contribution < -0.4 is 0 Å². The molecule has 8 heteroatoms. The number of carbonyl (C=O) groups excluding carboxylic acids is 3. The molecule has 1 N–H and O–H groups in total. The summed E-state index contributed by atoms with van der Waals surface area (Å²) in [6.07, 6.45) is 6.78. The molecule has 3 heterocycles. The number of rotatable bonds is 12. The zero-order valence-electron chi connectivity index (χ0n) is 22.6. The molecule has 3 aliphatic rings. The van der Waals surface area contributed by atoms with Gasteiger partial charge in [0.15, 0.2) is 0 Å². The average Bonchev–Trinajstić information content (AvgIpc) is 3.31. The number of aliphatic hydroxyl groups is 1. The highest BCUT2D eigenvalue weighted by molar-refractivity contribution is 5.98. The van der Waals surface area contributed by atoms with Gasteiger partial charge in [-0.2, -0.15) is 0 Å². The number of esters is 1. The van der Waals surface area contributed by atoms with Crippen molar-refractivity contribution < 1.29 is 29.0 Å². The topological polar surface area (TPSA) is 96.4 Å². The second kappa shape index (κ2) is 10.7. The Morgan fingerprint density at radius 2 is 1.94 bits per heavy atom. The summed E-state index contributed by atoms with van der Waals surface area (Å²) in [6.45, 7) is 18.0. The molecule has 8 nitrogen and oxygen atoms in total. The van der Waals surface area contributed by atoms with Crippen LogP contribution in [0.15, 0.2) is 25.3 Å². The Bertz CT molecular complexity index is 882. The third-order valence-electron chi connectivity index (χ3n) is 8.29. The minimum absolute atomic E-state index is 0.0459. The molecule has 3 unspecified atom stereocenters. The van der Waals surface area contributed by atoms with E-state index in [9.17, 15) is 19.5 Å². The summed E-state index contributed by atoms with van der Waals surface area (Å²) < 4.78 is 12.4. The number of ether oxygens (including phenoxy) is 2. The summed E-state index contributed by atoms with van der Waals surface area (Å²) in [4.78, 5) is 44.9. The van der Waals surface area contributed by atoms with E-state index >= 15 is 0 Å². The van der Waals surface area contributed by atoms with E-state index in [0.717, 1.165) is 12.8 Å². The van der Waals surface area contributed by atoms with E-state index in [4.69, 9.17) is 9.47 Å². The van der Waals surface area contributed by atoms with Crippen molar-refractivity contribution in [1.29, 1.82) is 0 Å². The highest BCUT2D eigenvalue weighted by atomic mass is 16.6. The maximum atomic E-state index is 14.2. The fraction of sp³-hybridized carbons (Fsp3) is 0.750. The van der Waals surface area contributed by atoms with Crippen LogP contribution in [-0.2, 0) is 23.9 Å². The zero-order chi connectivity index (χ0) is 26.9. The van der Waals surface area contributed by atoms with Gasteiger partial charge in [-0.25, -0.2) is 0 Å². The summed E-state index contributed by atoms with van der Waals surface area (Å²) in [5, 5.41) is 9.52.